The summed E-state index contributed by atoms with van der Waals surface area (Å²) in [6, 6.07) is 18.8. The van der Waals surface area contributed by atoms with Crippen LogP contribution in [0.25, 0.3) is 0 Å². The van der Waals surface area contributed by atoms with Crippen LogP contribution in [-0.4, -0.2) is 38.2 Å². The van der Waals surface area contributed by atoms with Crippen molar-refractivity contribution >= 4 is 37.2 Å². The SMILES string of the molecule is CN(C(=O)c1ccc(F)cc1)[C@@H](Cc1ccccc1)C(=O)Nc1ccc(S(=O)(=O)Cl)cc1. The van der Waals surface area contributed by atoms with Crippen LogP contribution in [-0.2, 0) is 20.3 Å². The van der Waals surface area contributed by atoms with Gasteiger partial charge in [-0.2, -0.15) is 0 Å². The minimum atomic E-state index is -3.88. The summed E-state index contributed by atoms with van der Waals surface area (Å²) in [6.07, 6.45) is 0.240. The fourth-order valence-corrected chi connectivity index (χ4v) is 3.88. The number of likely N-dealkylation sites (N-methyl/N-ethyl adjacent to an activating group) is 1. The number of halogens is 2. The normalized spacial score (nSPS) is 12.1. The summed E-state index contributed by atoms with van der Waals surface area (Å²) in [4.78, 5) is 27.3. The summed E-state index contributed by atoms with van der Waals surface area (Å²) >= 11 is 0. The molecule has 0 aliphatic heterocycles. The average molecular weight is 475 g/mol. The second-order valence-corrected chi connectivity index (χ2v) is 9.65. The lowest BCUT2D eigenvalue weighted by Gasteiger charge is -2.27. The minimum Gasteiger partial charge on any atom is -0.329 e. The minimum absolute atomic E-state index is 0.0957. The first-order chi connectivity index (χ1) is 15.1. The molecule has 3 rings (SSSR count). The van der Waals surface area contributed by atoms with Crippen LogP contribution in [0.15, 0.2) is 83.8 Å². The third-order valence-electron chi connectivity index (χ3n) is 4.86. The number of hydrogen-bond donors (Lipinski definition) is 1. The zero-order valence-electron chi connectivity index (χ0n) is 17.0. The van der Waals surface area contributed by atoms with Crippen molar-refractivity contribution < 1.29 is 22.4 Å². The largest absolute Gasteiger partial charge is 0.329 e. The smallest absolute Gasteiger partial charge is 0.261 e. The van der Waals surface area contributed by atoms with Gasteiger partial charge in [0.15, 0.2) is 0 Å². The predicted octanol–water partition coefficient (Wildman–Crippen LogP) is 4.08. The molecule has 0 aromatic heterocycles. The van der Waals surface area contributed by atoms with Gasteiger partial charge >= 0.3 is 0 Å². The van der Waals surface area contributed by atoms with E-state index in [0.29, 0.717) is 5.69 Å². The molecule has 1 atom stereocenters. The van der Waals surface area contributed by atoms with Crippen molar-refractivity contribution in [2.45, 2.75) is 17.4 Å². The molecule has 0 saturated heterocycles. The molecule has 0 heterocycles. The maximum atomic E-state index is 13.2. The third kappa shape index (κ3) is 5.93. The summed E-state index contributed by atoms with van der Waals surface area (Å²) in [7, 11) is 2.94. The van der Waals surface area contributed by atoms with E-state index in [2.05, 4.69) is 5.32 Å². The molecule has 32 heavy (non-hydrogen) atoms. The van der Waals surface area contributed by atoms with Crippen LogP contribution >= 0.6 is 10.7 Å². The van der Waals surface area contributed by atoms with Gasteiger partial charge in [-0.25, -0.2) is 12.8 Å². The molecule has 0 unspecified atom stereocenters. The van der Waals surface area contributed by atoms with Crippen LogP contribution in [0.5, 0.6) is 0 Å². The van der Waals surface area contributed by atoms with Crippen LogP contribution in [0.1, 0.15) is 15.9 Å². The monoisotopic (exact) mass is 474 g/mol. The highest BCUT2D eigenvalue weighted by Crippen LogP contribution is 2.19. The van der Waals surface area contributed by atoms with Gasteiger partial charge in [0.2, 0.25) is 5.91 Å². The fourth-order valence-electron chi connectivity index (χ4n) is 3.11. The molecule has 0 fully saturated rings. The standard InChI is InChI=1S/C23H20ClFN2O4S/c1-27(23(29)17-7-9-18(25)10-8-17)21(15-16-5-3-2-4-6-16)22(28)26-19-11-13-20(14-12-19)32(24,30)31/h2-14,21H,15H2,1H3,(H,26,28)/t21-/m0/s1. The van der Waals surface area contributed by atoms with Gasteiger partial charge in [-0.3, -0.25) is 9.59 Å². The Balaban J connectivity index is 1.85. The molecule has 166 valence electrons. The highest BCUT2D eigenvalue weighted by molar-refractivity contribution is 8.13. The number of anilines is 1. The fraction of sp³-hybridized carbons (Fsp3) is 0.130. The summed E-state index contributed by atoms with van der Waals surface area (Å²) < 4.78 is 36.1. The second-order valence-electron chi connectivity index (χ2n) is 7.08. The molecular formula is C23H20ClFN2O4S. The van der Waals surface area contributed by atoms with E-state index in [1.54, 1.807) is 0 Å². The van der Waals surface area contributed by atoms with Crippen LogP contribution < -0.4 is 5.32 Å². The second kappa shape index (κ2) is 9.93. The lowest BCUT2D eigenvalue weighted by atomic mass is 10.0. The highest BCUT2D eigenvalue weighted by atomic mass is 35.7. The highest BCUT2D eigenvalue weighted by Gasteiger charge is 2.28. The molecule has 0 aliphatic rings. The predicted molar refractivity (Wildman–Crippen MR) is 121 cm³/mol. The number of nitrogens with one attached hydrogen (secondary N) is 1. The molecule has 0 aliphatic carbocycles. The number of benzene rings is 3. The van der Waals surface area contributed by atoms with Crippen molar-refractivity contribution in [3.8, 4) is 0 Å². The first kappa shape index (κ1) is 23.4. The topological polar surface area (TPSA) is 83.6 Å². The maximum Gasteiger partial charge on any atom is 0.261 e. The zero-order chi connectivity index (χ0) is 23.3. The number of rotatable bonds is 7. The Labute approximate surface area is 190 Å². The van der Waals surface area contributed by atoms with E-state index >= 15 is 0 Å². The average Bonchev–Trinajstić information content (AvgIpc) is 2.77. The molecule has 0 radical (unpaired) electrons. The number of carbonyl (C=O) groups excluding carboxylic acids is 2. The number of carbonyl (C=O) groups is 2. The Kier molecular flexibility index (Phi) is 7.27. The van der Waals surface area contributed by atoms with E-state index < -0.39 is 32.7 Å². The molecule has 0 spiro atoms. The molecule has 3 aromatic carbocycles. The Morgan fingerprint density at radius 1 is 0.969 bits per heavy atom. The Morgan fingerprint density at radius 2 is 1.56 bits per heavy atom. The molecule has 2 amide bonds. The first-order valence-electron chi connectivity index (χ1n) is 9.57. The van der Waals surface area contributed by atoms with Crippen LogP contribution in [0.3, 0.4) is 0 Å². The van der Waals surface area contributed by atoms with Gasteiger partial charge in [0.05, 0.1) is 4.90 Å². The number of nitrogens with zero attached hydrogens (tertiary/aromatic N) is 1. The van der Waals surface area contributed by atoms with Crippen LogP contribution in [0.4, 0.5) is 10.1 Å². The van der Waals surface area contributed by atoms with E-state index in [4.69, 9.17) is 10.7 Å². The van der Waals surface area contributed by atoms with Gasteiger partial charge in [0.25, 0.3) is 15.0 Å². The molecule has 9 heteroatoms. The molecule has 6 nitrogen and oxygen atoms in total. The first-order valence-corrected chi connectivity index (χ1v) is 11.9. The van der Waals surface area contributed by atoms with E-state index in [9.17, 15) is 22.4 Å². The molecular weight excluding hydrogens is 455 g/mol. The van der Waals surface area contributed by atoms with Gasteiger partial charge in [0.1, 0.15) is 11.9 Å². The van der Waals surface area contributed by atoms with Crippen molar-refractivity contribution in [2.24, 2.45) is 0 Å². The number of amides is 2. The van der Waals surface area contributed by atoms with E-state index in [1.165, 1.54) is 60.5 Å². The van der Waals surface area contributed by atoms with Gasteiger partial charge < -0.3 is 10.2 Å². The van der Waals surface area contributed by atoms with E-state index in [1.807, 2.05) is 30.3 Å². The summed E-state index contributed by atoms with van der Waals surface area (Å²) in [5.74, 6) is -1.37. The van der Waals surface area contributed by atoms with Crippen molar-refractivity contribution in [3.05, 3.63) is 95.8 Å². The summed E-state index contributed by atoms with van der Waals surface area (Å²) in [5.41, 5.74) is 1.44. The molecule has 1 N–H and O–H groups in total. The Hall–Kier alpha value is -3.23. The van der Waals surface area contributed by atoms with Gasteiger partial charge in [-0.15, -0.1) is 0 Å². The quantitative estimate of drug-likeness (QED) is 0.523. The molecule has 3 aromatic rings. The van der Waals surface area contributed by atoms with E-state index in [-0.39, 0.29) is 16.9 Å². The van der Waals surface area contributed by atoms with Crippen LogP contribution in [0, 0.1) is 5.82 Å². The van der Waals surface area contributed by atoms with E-state index in [0.717, 1.165) is 5.56 Å². The lowest BCUT2D eigenvalue weighted by Crippen LogP contribution is -2.46. The Bertz CT molecular complexity index is 1200. The van der Waals surface area contributed by atoms with Crippen LogP contribution in [0.2, 0.25) is 0 Å². The summed E-state index contributed by atoms with van der Waals surface area (Å²) in [6.45, 7) is 0. The lowest BCUT2D eigenvalue weighted by molar-refractivity contribution is -0.120. The molecule has 0 saturated carbocycles. The maximum absolute atomic E-state index is 13.2. The molecule has 0 bridgehead atoms. The van der Waals surface area contributed by atoms with Crippen molar-refractivity contribution in [2.75, 3.05) is 12.4 Å². The summed E-state index contributed by atoms with van der Waals surface area (Å²) in [5, 5.41) is 2.71. The van der Waals surface area contributed by atoms with Gasteiger partial charge in [-0.1, -0.05) is 30.3 Å². The Morgan fingerprint density at radius 3 is 2.12 bits per heavy atom. The number of hydrogen-bond acceptors (Lipinski definition) is 4. The third-order valence-corrected chi connectivity index (χ3v) is 6.23. The van der Waals surface area contributed by atoms with Gasteiger partial charge in [0, 0.05) is 35.4 Å². The van der Waals surface area contributed by atoms with Crippen molar-refractivity contribution in [3.63, 3.8) is 0 Å². The van der Waals surface area contributed by atoms with Crippen molar-refractivity contribution in [1.29, 1.82) is 0 Å². The van der Waals surface area contributed by atoms with Crippen molar-refractivity contribution in [1.82, 2.24) is 4.90 Å². The van der Waals surface area contributed by atoms with Gasteiger partial charge in [-0.05, 0) is 54.1 Å². The zero-order valence-corrected chi connectivity index (χ0v) is 18.6.